The topological polar surface area (TPSA) is 86.7 Å². The molecule has 0 spiro atoms. The number of nitrogens with zero attached hydrogens (tertiary/aromatic N) is 1. The molecule has 1 saturated carbocycles. The zero-order valence-corrected chi connectivity index (χ0v) is 14.1. The predicted octanol–water partition coefficient (Wildman–Crippen LogP) is 2.61. The van der Waals surface area contributed by atoms with Gasteiger partial charge in [-0.05, 0) is 43.0 Å². The molecule has 0 unspecified atom stereocenters. The minimum atomic E-state index is -0.922. The van der Waals surface area contributed by atoms with Gasteiger partial charge in [0.25, 0.3) is 5.91 Å². The van der Waals surface area contributed by atoms with Gasteiger partial charge in [0, 0.05) is 30.3 Å². The average molecular weight is 332 g/mol. The number of rotatable bonds is 8. The van der Waals surface area contributed by atoms with Crippen LogP contribution in [0.1, 0.15) is 43.5 Å². The van der Waals surface area contributed by atoms with Crippen LogP contribution in [0.15, 0.2) is 24.3 Å². The molecule has 0 aromatic heterocycles. The lowest BCUT2D eigenvalue weighted by atomic mass is 10.1. The van der Waals surface area contributed by atoms with Gasteiger partial charge in [-0.15, -0.1) is 0 Å². The van der Waals surface area contributed by atoms with E-state index in [4.69, 9.17) is 5.11 Å². The van der Waals surface area contributed by atoms with Gasteiger partial charge in [-0.3, -0.25) is 14.4 Å². The summed E-state index contributed by atoms with van der Waals surface area (Å²) < 4.78 is 0. The number of aliphatic carboxylic acids is 1. The highest BCUT2D eigenvalue weighted by Crippen LogP contribution is 2.30. The second-order valence-electron chi connectivity index (χ2n) is 6.63. The molecule has 6 nitrogen and oxygen atoms in total. The molecule has 0 bridgehead atoms. The van der Waals surface area contributed by atoms with Gasteiger partial charge in [-0.25, -0.2) is 0 Å². The molecular formula is C18H24N2O4. The minimum Gasteiger partial charge on any atom is -0.481 e. The van der Waals surface area contributed by atoms with Gasteiger partial charge in [-0.2, -0.15) is 0 Å². The summed E-state index contributed by atoms with van der Waals surface area (Å²) in [6.07, 6.45) is 1.81. The van der Waals surface area contributed by atoms with Crippen molar-refractivity contribution in [1.82, 2.24) is 4.90 Å². The summed E-state index contributed by atoms with van der Waals surface area (Å²) in [6, 6.07) is 6.74. The Morgan fingerprint density at radius 3 is 2.33 bits per heavy atom. The molecule has 1 aliphatic carbocycles. The first kappa shape index (κ1) is 18.0. The zero-order valence-electron chi connectivity index (χ0n) is 14.1. The first-order valence-corrected chi connectivity index (χ1v) is 8.29. The van der Waals surface area contributed by atoms with Crippen LogP contribution in [0.25, 0.3) is 0 Å². The van der Waals surface area contributed by atoms with Crippen molar-refractivity contribution in [2.75, 3.05) is 18.4 Å². The maximum atomic E-state index is 12.6. The maximum Gasteiger partial charge on any atom is 0.305 e. The van der Waals surface area contributed by atoms with E-state index in [-0.39, 0.29) is 36.6 Å². The van der Waals surface area contributed by atoms with Gasteiger partial charge in [0.2, 0.25) is 5.91 Å². The van der Waals surface area contributed by atoms with E-state index < -0.39 is 5.97 Å². The van der Waals surface area contributed by atoms with E-state index in [1.54, 1.807) is 29.2 Å². The van der Waals surface area contributed by atoms with E-state index in [9.17, 15) is 14.4 Å². The Labute approximate surface area is 141 Å². The number of anilines is 1. The van der Waals surface area contributed by atoms with Crippen molar-refractivity contribution < 1.29 is 19.5 Å². The zero-order chi connectivity index (χ0) is 17.7. The first-order chi connectivity index (χ1) is 11.4. The third-order valence-corrected chi connectivity index (χ3v) is 3.82. The van der Waals surface area contributed by atoms with Crippen molar-refractivity contribution in [2.45, 2.75) is 33.1 Å². The van der Waals surface area contributed by atoms with Crippen molar-refractivity contribution in [3.8, 4) is 0 Å². The second-order valence-corrected chi connectivity index (χ2v) is 6.63. The van der Waals surface area contributed by atoms with E-state index >= 15 is 0 Å². The van der Waals surface area contributed by atoms with Crippen LogP contribution >= 0.6 is 0 Å². The molecule has 24 heavy (non-hydrogen) atoms. The Morgan fingerprint density at radius 1 is 1.21 bits per heavy atom. The quantitative estimate of drug-likeness (QED) is 0.766. The van der Waals surface area contributed by atoms with Crippen molar-refractivity contribution >= 4 is 23.5 Å². The predicted molar refractivity (Wildman–Crippen MR) is 90.8 cm³/mol. The van der Waals surface area contributed by atoms with Crippen LogP contribution < -0.4 is 5.32 Å². The largest absolute Gasteiger partial charge is 0.481 e. The van der Waals surface area contributed by atoms with E-state index in [2.05, 4.69) is 5.32 Å². The third-order valence-electron chi connectivity index (χ3n) is 3.82. The highest BCUT2D eigenvalue weighted by atomic mass is 16.4. The summed E-state index contributed by atoms with van der Waals surface area (Å²) in [5.74, 6) is -0.708. The molecule has 0 heterocycles. The molecule has 0 radical (unpaired) electrons. The molecule has 6 heteroatoms. The standard InChI is InChI=1S/C18H24N2O4/c1-12(2)11-20(10-9-16(21)22)18(24)14-5-7-15(8-6-14)19-17(23)13-3-4-13/h5-8,12-13H,3-4,9-11H2,1-2H3,(H,19,23)(H,21,22). The van der Waals surface area contributed by atoms with E-state index in [1.807, 2.05) is 13.8 Å². The summed E-state index contributed by atoms with van der Waals surface area (Å²) in [6.45, 7) is 4.66. The van der Waals surface area contributed by atoms with Gasteiger partial charge >= 0.3 is 5.97 Å². The van der Waals surface area contributed by atoms with Crippen LogP contribution in [0.4, 0.5) is 5.69 Å². The number of carbonyl (C=O) groups is 3. The molecule has 1 aromatic rings. The van der Waals surface area contributed by atoms with E-state index in [1.165, 1.54) is 0 Å². The lowest BCUT2D eigenvalue weighted by Gasteiger charge is -2.24. The summed E-state index contributed by atoms with van der Waals surface area (Å²) in [5, 5.41) is 11.7. The van der Waals surface area contributed by atoms with Gasteiger partial charge in [0.15, 0.2) is 0 Å². The SMILES string of the molecule is CC(C)CN(CCC(=O)O)C(=O)c1ccc(NC(=O)C2CC2)cc1. The number of nitrogens with one attached hydrogen (secondary N) is 1. The van der Waals surface area contributed by atoms with Crippen LogP contribution in [0, 0.1) is 11.8 Å². The van der Waals surface area contributed by atoms with Gasteiger partial charge in [0.05, 0.1) is 6.42 Å². The Balaban J connectivity index is 2.01. The molecule has 1 aromatic carbocycles. The summed E-state index contributed by atoms with van der Waals surface area (Å²) in [7, 11) is 0. The van der Waals surface area contributed by atoms with Gasteiger partial charge in [-0.1, -0.05) is 13.8 Å². The molecule has 1 fully saturated rings. The lowest BCUT2D eigenvalue weighted by molar-refractivity contribution is -0.137. The molecule has 0 aliphatic heterocycles. The molecule has 0 saturated heterocycles. The van der Waals surface area contributed by atoms with Gasteiger partial charge < -0.3 is 15.3 Å². The van der Waals surface area contributed by atoms with Crippen LogP contribution in [0.5, 0.6) is 0 Å². The van der Waals surface area contributed by atoms with Crippen molar-refractivity contribution in [2.24, 2.45) is 11.8 Å². The van der Waals surface area contributed by atoms with Crippen molar-refractivity contribution in [3.05, 3.63) is 29.8 Å². The molecule has 130 valence electrons. The smallest absolute Gasteiger partial charge is 0.305 e. The molecular weight excluding hydrogens is 308 g/mol. The van der Waals surface area contributed by atoms with Crippen LogP contribution in [-0.4, -0.2) is 40.9 Å². The highest BCUT2D eigenvalue weighted by Gasteiger charge is 2.29. The van der Waals surface area contributed by atoms with E-state index in [0.29, 0.717) is 17.8 Å². The number of carboxylic acids is 1. The normalized spacial score (nSPS) is 13.6. The van der Waals surface area contributed by atoms with Crippen LogP contribution in [-0.2, 0) is 9.59 Å². The first-order valence-electron chi connectivity index (χ1n) is 8.29. The molecule has 0 atom stereocenters. The Bertz CT molecular complexity index is 606. The van der Waals surface area contributed by atoms with E-state index in [0.717, 1.165) is 12.8 Å². The summed E-state index contributed by atoms with van der Waals surface area (Å²) in [5.41, 5.74) is 1.16. The average Bonchev–Trinajstić information content (AvgIpc) is 3.36. The van der Waals surface area contributed by atoms with Crippen LogP contribution in [0.2, 0.25) is 0 Å². The van der Waals surface area contributed by atoms with Crippen LogP contribution in [0.3, 0.4) is 0 Å². The summed E-state index contributed by atoms with van der Waals surface area (Å²) >= 11 is 0. The van der Waals surface area contributed by atoms with Gasteiger partial charge in [0.1, 0.15) is 0 Å². The number of hydrogen-bond acceptors (Lipinski definition) is 3. The molecule has 2 N–H and O–H groups in total. The fourth-order valence-corrected chi connectivity index (χ4v) is 2.42. The Hall–Kier alpha value is -2.37. The second kappa shape index (κ2) is 7.95. The number of carbonyl (C=O) groups excluding carboxylic acids is 2. The Morgan fingerprint density at radius 2 is 1.83 bits per heavy atom. The van der Waals surface area contributed by atoms with Crippen molar-refractivity contribution in [1.29, 1.82) is 0 Å². The molecule has 2 rings (SSSR count). The Kier molecular flexibility index (Phi) is 5.95. The molecule has 1 aliphatic rings. The number of benzene rings is 1. The monoisotopic (exact) mass is 332 g/mol. The summed E-state index contributed by atoms with van der Waals surface area (Å²) in [4.78, 5) is 36.7. The third kappa shape index (κ3) is 5.37. The fraction of sp³-hybridized carbons (Fsp3) is 0.500. The molecule has 2 amide bonds. The van der Waals surface area contributed by atoms with Crippen molar-refractivity contribution in [3.63, 3.8) is 0 Å². The number of carboxylic acid groups (broad SMARTS) is 1. The maximum absolute atomic E-state index is 12.6. The lowest BCUT2D eigenvalue weighted by Crippen LogP contribution is -2.36. The number of amides is 2. The highest BCUT2D eigenvalue weighted by molar-refractivity contribution is 5.97. The minimum absolute atomic E-state index is 0.0250. The number of hydrogen-bond donors (Lipinski definition) is 2. The fourth-order valence-electron chi connectivity index (χ4n) is 2.42.